The van der Waals surface area contributed by atoms with Crippen LogP contribution in [0.3, 0.4) is 0 Å². The van der Waals surface area contributed by atoms with E-state index in [1.54, 1.807) is 30.5 Å². The number of rotatable bonds is 1. The molecule has 0 saturated heterocycles. The fourth-order valence-electron chi connectivity index (χ4n) is 1.94. The topological polar surface area (TPSA) is 54.7 Å². The summed E-state index contributed by atoms with van der Waals surface area (Å²) in [6, 6.07) is 10.2. The summed E-state index contributed by atoms with van der Waals surface area (Å²) >= 11 is 0. The molecule has 1 heterocycles. The van der Waals surface area contributed by atoms with Gasteiger partial charge in [0.1, 0.15) is 11.3 Å². The predicted molar refractivity (Wildman–Crippen MR) is 65.9 cm³/mol. The standard InChI is InChI=1S/C13H10FN3/c14-11-4-2-1-3-10(11)8-5-9-7-16-17-13(9)12(15)6-8/h1-7H,15H2,(H,16,17). The van der Waals surface area contributed by atoms with Crippen LogP contribution in [-0.2, 0) is 0 Å². The number of hydrogen-bond acceptors (Lipinski definition) is 2. The van der Waals surface area contributed by atoms with Crippen molar-refractivity contribution in [1.82, 2.24) is 10.2 Å². The normalized spacial score (nSPS) is 10.9. The summed E-state index contributed by atoms with van der Waals surface area (Å²) in [5.41, 5.74) is 8.44. The van der Waals surface area contributed by atoms with Gasteiger partial charge in [-0.15, -0.1) is 0 Å². The van der Waals surface area contributed by atoms with Crippen LogP contribution in [0.2, 0.25) is 0 Å². The van der Waals surface area contributed by atoms with Crippen LogP contribution in [0.4, 0.5) is 10.1 Å². The van der Waals surface area contributed by atoms with Crippen molar-refractivity contribution in [3.8, 4) is 11.1 Å². The van der Waals surface area contributed by atoms with Gasteiger partial charge in [0.25, 0.3) is 0 Å². The highest BCUT2D eigenvalue weighted by Gasteiger charge is 2.08. The Hall–Kier alpha value is -2.36. The van der Waals surface area contributed by atoms with Gasteiger partial charge in [-0.05, 0) is 23.8 Å². The van der Waals surface area contributed by atoms with Crippen LogP contribution in [0.25, 0.3) is 22.0 Å². The Morgan fingerprint density at radius 3 is 2.82 bits per heavy atom. The number of aromatic nitrogens is 2. The van der Waals surface area contributed by atoms with Gasteiger partial charge in [0, 0.05) is 17.1 Å². The Morgan fingerprint density at radius 2 is 2.00 bits per heavy atom. The highest BCUT2D eigenvalue weighted by atomic mass is 19.1. The van der Waals surface area contributed by atoms with E-state index >= 15 is 0 Å². The second-order valence-electron chi connectivity index (χ2n) is 3.87. The van der Waals surface area contributed by atoms with Crippen molar-refractivity contribution in [3.63, 3.8) is 0 Å². The molecular formula is C13H10FN3. The molecule has 4 heteroatoms. The van der Waals surface area contributed by atoms with E-state index in [1.807, 2.05) is 6.07 Å². The van der Waals surface area contributed by atoms with Gasteiger partial charge in [-0.1, -0.05) is 18.2 Å². The molecule has 3 nitrogen and oxygen atoms in total. The number of aromatic amines is 1. The molecule has 84 valence electrons. The minimum absolute atomic E-state index is 0.255. The van der Waals surface area contributed by atoms with Gasteiger partial charge >= 0.3 is 0 Å². The van der Waals surface area contributed by atoms with Crippen LogP contribution in [0.15, 0.2) is 42.6 Å². The third-order valence-electron chi connectivity index (χ3n) is 2.75. The fourth-order valence-corrected chi connectivity index (χ4v) is 1.94. The van der Waals surface area contributed by atoms with Crippen LogP contribution in [-0.4, -0.2) is 10.2 Å². The number of benzene rings is 2. The SMILES string of the molecule is Nc1cc(-c2ccccc2F)cc2c[nH]nc12. The smallest absolute Gasteiger partial charge is 0.131 e. The average Bonchev–Trinajstić information content (AvgIpc) is 2.78. The summed E-state index contributed by atoms with van der Waals surface area (Å²) in [5, 5.41) is 7.66. The number of nitrogen functional groups attached to an aromatic ring is 1. The molecule has 0 amide bonds. The van der Waals surface area contributed by atoms with Crippen molar-refractivity contribution in [3.05, 3.63) is 48.4 Å². The highest BCUT2D eigenvalue weighted by Crippen LogP contribution is 2.29. The number of H-pyrrole nitrogens is 1. The molecule has 0 radical (unpaired) electrons. The molecule has 0 atom stereocenters. The molecule has 3 N–H and O–H groups in total. The van der Waals surface area contributed by atoms with Gasteiger partial charge in [0.2, 0.25) is 0 Å². The van der Waals surface area contributed by atoms with Gasteiger partial charge in [-0.2, -0.15) is 5.10 Å². The van der Waals surface area contributed by atoms with E-state index < -0.39 is 0 Å². The number of fused-ring (bicyclic) bond motifs is 1. The molecule has 0 spiro atoms. The number of anilines is 1. The van der Waals surface area contributed by atoms with Crippen LogP contribution in [0, 0.1) is 5.82 Å². The lowest BCUT2D eigenvalue weighted by atomic mass is 10.0. The first-order valence-corrected chi connectivity index (χ1v) is 5.23. The molecule has 0 saturated carbocycles. The van der Waals surface area contributed by atoms with Crippen molar-refractivity contribution in [2.75, 3.05) is 5.73 Å². The quantitative estimate of drug-likeness (QED) is 0.628. The van der Waals surface area contributed by atoms with Gasteiger partial charge in [0.15, 0.2) is 0 Å². The van der Waals surface area contributed by atoms with E-state index in [0.29, 0.717) is 16.8 Å². The van der Waals surface area contributed by atoms with Crippen molar-refractivity contribution < 1.29 is 4.39 Å². The van der Waals surface area contributed by atoms with E-state index in [4.69, 9.17) is 5.73 Å². The summed E-state index contributed by atoms with van der Waals surface area (Å²) in [5.74, 6) is -0.255. The molecule has 0 aliphatic carbocycles. The first-order chi connectivity index (χ1) is 8.25. The molecule has 0 bridgehead atoms. The Kier molecular flexibility index (Phi) is 2.08. The van der Waals surface area contributed by atoms with E-state index in [1.165, 1.54) is 6.07 Å². The number of halogens is 1. The lowest BCUT2D eigenvalue weighted by molar-refractivity contribution is 0.631. The van der Waals surface area contributed by atoms with Crippen LogP contribution in [0.5, 0.6) is 0 Å². The second-order valence-corrected chi connectivity index (χ2v) is 3.87. The molecule has 0 fully saturated rings. The van der Waals surface area contributed by atoms with Gasteiger partial charge in [-0.3, -0.25) is 5.10 Å². The van der Waals surface area contributed by atoms with Crippen molar-refractivity contribution in [2.24, 2.45) is 0 Å². The molecule has 3 aromatic rings. The molecular weight excluding hydrogens is 217 g/mol. The zero-order valence-electron chi connectivity index (χ0n) is 8.94. The lowest BCUT2D eigenvalue weighted by Gasteiger charge is -2.05. The fraction of sp³-hybridized carbons (Fsp3) is 0. The molecule has 17 heavy (non-hydrogen) atoms. The van der Waals surface area contributed by atoms with E-state index in [2.05, 4.69) is 10.2 Å². The van der Waals surface area contributed by atoms with Crippen molar-refractivity contribution in [2.45, 2.75) is 0 Å². The first kappa shape index (κ1) is 9.84. The van der Waals surface area contributed by atoms with Gasteiger partial charge < -0.3 is 5.73 Å². The summed E-state index contributed by atoms with van der Waals surface area (Å²) in [6.07, 6.45) is 1.75. The minimum atomic E-state index is -0.255. The van der Waals surface area contributed by atoms with E-state index in [9.17, 15) is 4.39 Å². The Morgan fingerprint density at radius 1 is 1.18 bits per heavy atom. The summed E-state index contributed by atoms with van der Waals surface area (Å²) in [7, 11) is 0. The van der Waals surface area contributed by atoms with E-state index in [0.717, 1.165) is 10.9 Å². The zero-order valence-corrected chi connectivity index (χ0v) is 8.94. The van der Waals surface area contributed by atoms with Gasteiger partial charge in [0.05, 0.1) is 5.69 Å². The van der Waals surface area contributed by atoms with Gasteiger partial charge in [-0.25, -0.2) is 4.39 Å². The number of nitrogens with two attached hydrogens (primary N) is 1. The molecule has 3 rings (SSSR count). The number of nitrogens with zero attached hydrogens (tertiary/aromatic N) is 1. The zero-order chi connectivity index (χ0) is 11.8. The summed E-state index contributed by atoms with van der Waals surface area (Å²) in [6.45, 7) is 0. The maximum atomic E-state index is 13.7. The Balaban J connectivity index is 2.28. The summed E-state index contributed by atoms with van der Waals surface area (Å²) in [4.78, 5) is 0. The van der Waals surface area contributed by atoms with Crippen molar-refractivity contribution in [1.29, 1.82) is 0 Å². The number of hydrogen-bond donors (Lipinski definition) is 2. The second kappa shape index (κ2) is 3.59. The molecule has 0 unspecified atom stereocenters. The average molecular weight is 227 g/mol. The number of nitrogens with one attached hydrogen (secondary N) is 1. The van der Waals surface area contributed by atoms with Crippen LogP contribution in [0.1, 0.15) is 0 Å². The van der Waals surface area contributed by atoms with E-state index in [-0.39, 0.29) is 5.82 Å². The summed E-state index contributed by atoms with van der Waals surface area (Å²) < 4.78 is 13.7. The third kappa shape index (κ3) is 1.54. The first-order valence-electron chi connectivity index (χ1n) is 5.23. The lowest BCUT2D eigenvalue weighted by Crippen LogP contribution is -1.90. The molecule has 0 aliphatic rings. The van der Waals surface area contributed by atoms with Crippen LogP contribution < -0.4 is 5.73 Å². The Bertz CT molecular complexity index is 688. The molecule has 2 aromatic carbocycles. The third-order valence-corrected chi connectivity index (χ3v) is 2.75. The maximum Gasteiger partial charge on any atom is 0.131 e. The molecule has 1 aromatic heterocycles. The molecule has 0 aliphatic heterocycles. The maximum absolute atomic E-state index is 13.7. The largest absolute Gasteiger partial charge is 0.397 e. The van der Waals surface area contributed by atoms with Crippen LogP contribution >= 0.6 is 0 Å². The minimum Gasteiger partial charge on any atom is -0.397 e. The monoisotopic (exact) mass is 227 g/mol. The predicted octanol–water partition coefficient (Wildman–Crippen LogP) is 2.95. The Labute approximate surface area is 97.1 Å². The highest BCUT2D eigenvalue weighted by molar-refractivity contribution is 5.93. The van der Waals surface area contributed by atoms with Crippen molar-refractivity contribution >= 4 is 16.6 Å².